The number of ketones is 2. The Morgan fingerprint density at radius 3 is 2.49 bits per heavy atom. The third-order valence-corrected chi connectivity index (χ3v) is 11.9. The second kappa shape index (κ2) is 10.2. The van der Waals surface area contributed by atoms with E-state index >= 15 is 0 Å². The summed E-state index contributed by atoms with van der Waals surface area (Å²) in [6.07, 6.45) is 6.51. The van der Waals surface area contributed by atoms with Crippen LogP contribution in [0.15, 0.2) is 47.3 Å². The van der Waals surface area contributed by atoms with Gasteiger partial charge < -0.3 is 29.2 Å². The Kier molecular flexibility index (Phi) is 6.89. The fourth-order valence-electron chi connectivity index (χ4n) is 9.67. The van der Waals surface area contributed by atoms with Crippen molar-refractivity contribution in [1.29, 1.82) is 0 Å². The molecule has 1 saturated heterocycles. The summed E-state index contributed by atoms with van der Waals surface area (Å²) in [7, 11) is 0. The first-order chi connectivity index (χ1) is 22.0. The first kappa shape index (κ1) is 31.9. The summed E-state index contributed by atoms with van der Waals surface area (Å²) in [6, 6.07) is 0. The summed E-state index contributed by atoms with van der Waals surface area (Å²) < 4.78 is 25.8. The third kappa shape index (κ3) is 3.99. The number of rotatable bonds is 7. The number of hydrogen-bond donors (Lipinski definition) is 2. The number of ether oxygens (including phenoxy) is 4. The summed E-state index contributed by atoms with van der Waals surface area (Å²) >= 11 is 0. The molecule has 4 unspecified atom stereocenters. The Morgan fingerprint density at radius 1 is 1.11 bits per heavy atom. The Morgan fingerprint density at radius 2 is 1.83 bits per heavy atom. The van der Waals surface area contributed by atoms with Gasteiger partial charge in [-0.25, -0.2) is 0 Å². The molecule has 1 aromatic carbocycles. The molecule has 8 rings (SSSR count). The molecule has 1 aromatic rings. The van der Waals surface area contributed by atoms with E-state index in [2.05, 4.69) is 6.58 Å². The lowest BCUT2D eigenvalue weighted by atomic mass is 9.51. The summed E-state index contributed by atoms with van der Waals surface area (Å²) in [4.78, 5) is 40.5. The number of fused-ring (bicyclic) bond motifs is 5. The van der Waals surface area contributed by atoms with E-state index in [1.165, 1.54) is 0 Å². The smallest absolute Gasteiger partial charge is 0.298 e. The van der Waals surface area contributed by atoms with Crippen molar-refractivity contribution in [3.8, 4) is 17.2 Å². The van der Waals surface area contributed by atoms with Crippen molar-refractivity contribution in [1.82, 2.24) is 0 Å². The fraction of sp³-hybridized carbons (Fsp3) is 0.553. The quantitative estimate of drug-likeness (QED) is 0.210. The average Bonchev–Trinajstić information content (AvgIpc) is 3.14. The normalized spacial score (nSPS) is 37.1. The molecule has 3 fully saturated rings. The highest BCUT2D eigenvalue weighted by molar-refractivity contribution is 6.18. The number of aliphatic hydroxyl groups excluding tert-OH is 1. The van der Waals surface area contributed by atoms with Crippen LogP contribution in [0.2, 0.25) is 0 Å². The lowest BCUT2D eigenvalue weighted by Gasteiger charge is -2.57. The largest absolute Gasteiger partial charge is 0.507 e. The van der Waals surface area contributed by atoms with E-state index in [0.29, 0.717) is 60.4 Å². The van der Waals surface area contributed by atoms with Gasteiger partial charge in [-0.3, -0.25) is 14.4 Å². The van der Waals surface area contributed by atoms with Gasteiger partial charge in [0.1, 0.15) is 40.3 Å². The molecule has 2 N–H and O–H groups in total. The number of phenolic OH excluding ortho intramolecular Hbond substituents is 1. The molecule has 2 saturated carbocycles. The SMILES string of the molecule is C=C(C)C1CC[C@@]2(C)Oc3c(CC=C(C)C)c4c(c(O)c3[C@@H]1C2O)C(=O)C1=C[C@@H]2CC3C(C)(C)OC(CC=C(C)OC=O)(C2=O)[C@@]13O4. The second-order valence-corrected chi connectivity index (χ2v) is 15.4. The number of benzene rings is 1. The van der Waals surface area contributed by atoms with Crippen molar-refractivity contribution in [2.24, 2.45) is 17.8 Å². The molecular formula is C38H44O9. The monoisotopic (exact) mass is 644 g/mol. The van der Waals surface area contributed by atoms with Gasteiger partial charge in [-0.2, -0.15) is 0 Å². The fourth-order valence-corrected chi connectivity index (χ4v) is 9.67. The minimum atomic E-state index is -1.58. The number of hydrogen-bond acceptors (Lipinski definition) is 9. The van der Waals surface area contributed by atoms with Crippen LogP contribution in [0.5, 0.6) is 17.2 Å². The molecule has 3 heterocycles. The summed E-state index contributed by atoms with van der Waals surface area (Å²) in [5.41, 5.74) is -1.64. The van der Waals surface area contributed by atoms with Gasteiger partial charge in [-0.05, 0) is 86.1 Å². The highest BCUT2D eigenvalue weighted by Crippen LogP contribution is 2.69. The molecular weight excluding hydrogens is 600 g/mol. The predicted octanol–water partition coefficient (Wildman–Crippen LogP) is 5.96. The molecule has 8 atom stereocenters. The molecule has 3 aliphatic heterocycles. The number of carbonyl (C=O) groups excluding carboxylic acids is 3. The zero-order valence-electron chi connectivity index (χ0n) is 28.2. The number of aromatic hydroxyl groups is 1. The maximum Gasteiger partial charge on any atom is 0.298 e. The lowest BCUT2D eigenvalue weighted by molar-refractivity contribution is -0.171. The maximum absolute atomic E-state index is 15.0. The first-order valence-corrected chi connectivity index (χ1v) is 16.6. The molecule has 0 radical (unpaired) electrons. The summed E-state index contributed by atoms with van der Waals surface area (Å²) in [5.74, 6) is -1.62. The van der Waals surface area contributed by atoms with Crippen molar-refractivity contribution in [3.05, 3.63) is 64.0 Å². The van der Waals surface area contributed by atoms with E-state index in [0.717, 1.165) is 11.1 Å². The van der Waals surface area contributed by atoms with Gasteiger partial charge in [0.05, 0.1) is 5.60 Å². The third-order valence-electron chi connectivity index (χ3n) is 11.9. The van der Waals surface area contributed by atoms with Gasteiger partial charge in [0, 0.05) is 40.9 Å². The first-order valence-electron chi connectivity index (χ1n) is 16.6. The van der Waals surface area contributed by atoms with Gasteiger partial charge in [-0.15, -0.1) is 0 Å². The maximum atomic E-state index is 15.0. The van der Waals surface area contributed by atoms with Gasteiger partial charge in [-0.1, -0.05) is 29.9 Å². The average molecular weight is 645 g/mol. The Balaban J connectivity index is 1.52. The Bertz CT molecular complexity index is 1740. The van der Waals surface area contributed by atoms with Gasteiger partial charge >= 0.3 is 0 Å². The van der Waals surface area contributed by atoms with Crippen LogP contribution in [0.4, 0.5) is 0 Å². The number of aliphatic hydroxyl groups is 1. The molecule has 250 valence electrons. The molecule has 0 aromatic heterocycles. The van der Waals surface area contributed by atoms with Gasteiger partial charge in [0.25, 0.3) is 6.47 Å². The van der Waals surface area contributed by atoms with Crippen molar-refractivity contribution in [3.63, 3.8) is 0 Å². The van der Waals surface area contributed by atoms with E-state index in [-0.39, 0.29) is 41.1 Å². The minimum Gasteiger partial charge on any atom is -0.507 e. The molecule has 4 aliphatic carbocycles. The van der Waals surface area contributed by atoms with Gasteiger partial charge in [0.15, 0.2) is 22.8 Å². The lowest BCUT2D eigenvalue weighted by Crippen LogP contribution is -2.72. The second-order valence-electron chi connectivity index (χ2n) is 15.4. The molecule has 0 amide bonds. The van der Waals surface area contributed by atoms with Crippen LogP contribution in [0.25, 0.3) is 0 Å². The van der Waals surface area contributed by atoms with Crippen LogP contribution in [0, 0.1) is 17.8 Å². The predicted molar refractivity (Wildman–Crippen MR) is 172 cm³/mol. The topological polar surface area (TPSA) is 129 Å². The Hall–Kier alpha value is -3.69. The van der Waals surface area contributed by atoms with E-state index in [9.17, 15) is 24.6 Å². The number of carbonyl (C=O) groups is 3. The van der Waals surface area contributed by atoms with Crippen molar-refractivity contribution in [2.75, 3.05) is 0 Å². The molecule has 47 heavy (non-hydrogen) atoms. The number of allylic oxidation sites excluding steroid dienone is 5. The van der Waals surface area contributed by atoms with Crippen LogP contribution in [0.3, 0.4) is 0 Å². The molecule has 9 nitrogen and oxygen atoms in total. The molecule has 9 heteroatoms. The van der Waals surface area contributed by atoms with Crippen molar-refractivity contribution < 1.29 is 43.5 Å². The van der Waals surface area contributed by atoms with Crippen LogP contribution >= 0.6 is 0 Å². The highest BCUT2D eigenvalue weighted by atomic mass is 16.6. The zero-order chi connectivity index (χ0) is 34.0. The molecule has 7 aliphatic rings. The summed E-state index contributed by atoms with van der Waals surface area (Å²) in [5, 5.41) is 23.9. The standard InChI is InChI=1S/C38H44O9/c1-18(2)9-10-23-31-27(26-22(19(3)4)12-13-36(8,45-31)34(26)43)30(41)28-29(40)24-15-21-16-25-35(6,7)47-37(33(21)42,14-11-20(5)44-17-39)38(24,25)46-32(23)28/h9,11,15,17,21-22,25-26,34,41,43H,3,10,12-14,16H2,1-2,4-8H3/t21-,22?,25?,26-,34?,36-,37?,38-/m1/s1. The van der Waals surface area contributed by atoms with Crippen LogP contribution < -0.4 is 9.47 Å². The van der Waals surface area contributed by atoms with Crippen molar-refractivity contribution in [2.45, 2.75) is 115 Å². The highest BCUT2D eigenvalue weighted by Gasteiger charge is 2.81. The van der Waals surface area contributed by atoms with E-state index in [1.54, 1.807) is 19.1 Å². The van der Waals surface area contributed by atoms with Crippen LogP contribution in [0.1, 0.15) is 102 Å². The number of Topliss-reactive ketones (excluding diaryl/α,β-unsaturated/α-hetero) is 2. The van der Waals surface area contributed by atoms with E-state index < -0.39 is 46.1 Å². The summed E-state index contributed by atoms with van der Waals surface area (Å²) in [6.45, 7) is 17.8. The number of phenols is 1. The minimum absolute atomic E-state index is 0.0191. The van der Waals surface area contributed by atoms with E-state index in [1.807, 2.05) is 47.6 Å². The van der Waals surface area contributed by atoms with Crippen molar-refractivity contribution >= 4 is 18.0 Å². The Labute approximate surface area is 275 Å². The molecule has 6 bridgehead atoms. The van der Waals surface area contributed by atoms with Crippen LogP contribution in [-0.2, 0) is 25.5 Å². The van der Waals surface area contributed by atoms with Gasteiger partial charge in [0.2, 0.25) is 0 Å². The zero-order valence-corrected chi connectivity index (χ0v) is 28.2. The van der Waals surface area contributed by atoms with E-state index in [4.69, 9.17) is 18.9 Å². The van der Waals surface area contributed by atoms with Crippen LogP contribution in [-0.4, -0.2) is 56.8 Å². The molecule has 1 spiro atoms.